The first kappa shape index (κ1) is 12.5. The molecule has 0 radical (unpaired) electrons. The summed E-state index contributed by atoms with van der Waals surface area (Å²) in [5, 5.41) is 2.89. The average Bonchev–Trinajstić information content (AvgIpc) is 2.75. The van der Waals surface area contributed by atoms with E-state index in [-0.39, 0.29) is 5.91 Å². The summed E-state index contributed by atoms with van der Waals surface area (Å²) in [5.74, 6) is 0.718. The lowest BCUT2D eigenvalue weighted by atomic mass is 10.0. The highest BCUT2D eigenvalue weighted by molar-refractivity contribution is 6.34. The van der Waals surface area contributed by atoms with Gasteiger partial charge < -0.3 is 10.1 Å². The first-order valence-corrected chi connectivity index (χ1v) is 6.45. The third kappa shape index (κ3) is 2.18. The minimum absolute atomic E-state index is 0.0616. The number of anilines is 1. The van der Waals surface area contributed by atoms with Gasteiger partial charge in [-0.2, -0.15) is 0 Å². The highest BCUT2D eigenvalue weighted by Gasteiger charge is 2.23. The molecule has 2 aromatic rings. The van der Waals surface area contributed by atoms with Crippen molar-refractivity contribution in [1.82, 2.24) is 0 Å². The predicted octanol–water partition coefficient (Wildman–Crippen LogP) is 3.50. The van der Waals surface area contributed by atoms with Gasteiger partial charge in [0.05, 0.1) is 7.11 Å². The van der Waals surface area contributed by atoms with Crippen molar-refractivity contribution in [2.24, 2.45) is 0 Å². The molecule has 0 bridgehead atoms. The van der Waals surface area contributed by atoms with E-state index in [1.165, 1.54) is 0 Å². The molecule has 1 heterocycles. The normalized spacial score (nSPS) is 15.1. The van der Waals surface area contributed by atoms with Gasteiger partial charge in [-0.1, -0.05) is 23.8 Å². The zero-order chi connectivity index (χ0) is 14.1. The van der Waals surface area contributed by atoms with Crippen LogP contribution in [-0.2, 0) is 4.79 Å². The molecule has 0 unspecified atom stereocenters. The largest absolute Gasteiger partial charge is 0.497 e. The number of ether oxygens (including phenoxy) is 1. The molecule has 0 saturated heterocycles. The van der Waals surface area contributed by atoms with Gasteiger partial charge in [0.25, 0.3) is 5.91 Å². The Bertz CT molecular complexity index is 717. The van der Waals surface area contributed by atoms with Crippen molar-refractivity contribution in [3.8, 4) is 5.75 Å². The molecule has 1 amide bonds. The molecule has 3 rings (SSSR count). The summed E-state index contributed by atoms with van der Waals surface area (Å²) >= 11 is 0. The number of nitrogens with one attached hydrogen (secondary N) is 1. The van der Waals surface area contributed by atoms with E-state index in [0.717, 1.165) is 28.1 Å². The first-order valence-electron chi connectivity index (χ1n) is 6.45. The molecule has 0 aliphatic carbocycles. The second kappa shape index (κ2) is 4.85. The van der Waals surface area contributed by atoms with E-state index in [4.69, 9.17) is 4.74 Å². The van der Waals surface area contributed by atoms with Crippen LogP contribution < -0.4 is 10.1 Å². The Kier molecular flexibility index (Phi) is 3.03. The van der Waals surface area contributed by atoms with Crippen LogP contribution in [0, 0.1) is 6.92 Å². The molecule has 2 aromatic carbocycles. The van der Waals surface area contributed by atoms with Gasteiger partial charge in [0, 0.05) is 16.8 Å². The number of fused-ring (bicyclic) bond motifs is 1. The van der Waals surface area contributed by atoms with E-state index in [1.807, 2.05) is 55.5 Å². The van der Waals surface area contributed by atoms with Crippen LogP contribution in [0.2, 0.25) is 0 Å². The van der Waals surface area contributed by atoms with Crippen molar-refractivity contribution in [2.75, 3.05) is 12.4 Å². The fraction of sp³-hybridized carbons (Fsp3) is 0.118. The van der Waals surface area contributed by atoms with Crippen LogP contribution in [0.1, 0.15) is 16.7 Å². The van der Waals surface area contributed by atoms with Crippen molar-refractivity contribution in [1.29, 1.82) is 0 Å². The zero-order valence-corrected chi connectivity index (χ0v) is 11.4. The van der Waals surface area contributed by atoms with Crippen molar-refractivity contribution >= 4 is 23.2 Å². The van der Waals surface area contributed by atoms with E-state index in [0.29, 0.717) is 5.57 Å². The number of rotatable bonds is 2. The fourth-order valence-electron chi connectivity index (χ4n) is 2.34. The van der Waals surface area contributed by atoms with E-state index < -0.39 is 0 Å². The molecule has 3 heteroatoms. The topological polar surface area (TPSA) is 38.3 Å². The lowest BCUT2D eigenvalue weighted by Gasteiger charge is -2.02. The maximum atomic E-state index is 12.1. The van der Waals surface area contributed by atoms with Crippen LogP contribution >= 0.6 is 0 Å². The monoisotopic (exact) mass is 265 g/mol. The van der Waals surface area contributed by atoms with Gasteiger partial charge in [-0.3, -0.25) is 4.79 Å². The maximum Gasteiger partial charge on any atom is 0.256 e. The summed E-state index contributed by atoms with van der Waals surface area (Å²) in [6, 6.07) is 13.6. The molecular formula is C17H15NO2. The summed E-state index contributed by atoms with van der Waals surface area (Å²) in [7, 11) is 1.63. The standard InChI is InChI=1S/C17H15NO2/c1-11-6-7-16-14(8-11)15(17(19)18-16)10-12-4-3-5-13(9-12)20-2/h3-10H,1-2H3,(H,18,19)/b15-10+. The second-order valence-corrected chi connectivity index (χ2v) is 4.84. The quantitative estimate of drug-likeness (QED) is 0.844. The van der Waals surface area contributed by atoms with Gasteiger partial charge in [-0.15, -0.1) is 0 Å². The third-order valence-electron chi connectivity index (χ3n) is 3.36. The smallest absolute Gasteiger partial charge is 0.256 e. The molecule has 0 fully saturated rings. The van der Waals surface area contributed by atoms with Crippen LogP contribution in [0.4, 0.5) is 5.69 Å². The summed E-state index contributed by atoms with van der Waals surface area (Å²) in [5.41, 5.74) is 4.60. The molecule has 0 atom stereocenters. The number of amides is 1. The molecule has 20 heavy (non-hydrogen) atoms. The number of hydrogen-bond donors (Lipinski definition) is 1. The van der Waals surface area contributed by atoms with Gasteiger partial charge in [0.2, 0.25) is 0 Å². The van der Waals surface area contributed by atoms with Gasteiger partial charge >= 0.3 is 0 Å². The van der Waals surface area contributed by atoms with Gasteiger partial charge in [0.15, 0.2) is 0 Å². The van der Waals surface area contributed by atoms with Crippen LogP contribution in [0.15, 0.2) is 42.5 Å². The lowest BCUT2D eigenvalue weighted by molar-refractivity contribution is -0.110. The molecular weight excluding hydrogens is 250 g/mol. The van der Waals surface area contributed by atoms with E-state index in [2.05, 4.69) is 5.32 Å². The number of carbonyl (C=O) groups is 1. The lowest BCUT2D eigenvalue weighted by Crippen LogP contribution is -2.03. The van der Waals surface area contributed by atoms with E-state index in [1.54, 1.807) is 7.11 Å². The molecule has 1 N–H and O–H groups in total. The highest BCUT2D eigenvalue weighted by atomic mass is 16.5. The Labute approximate surface area is 117 Å². The average molecular weight is 265 g/mol. The van der Waals surface area contributed by atoms with Gasteiger partial charge in [-0.05, 0) is 42.8 Å². The van der Waals surface area contributed by atoms with Gasteiger partial charge in [0.1, 0.15) is 5.75 Å². The van der Waals surface area contributed by atoms with Crippen LogP contribution in [-0.4, -0.2) is 13.0 Å². The van der Waals surface area contributed by atoms with Crippen molar-refractivity contribution in [3.63, 3.8) is 0 Å². The van der Waals surface area contributed by atoms with Crippen molar-refractivity contribution < 1.29 is 9.53 Å². The van der Waals surface area contributed by atoms with Crippen molar-refractivity contribution in [3.05, 3.63) is 59.2 Å². The molecule has 0 aromatic heterocycles. The number of benzene rings is 2. The third-order valence-corrected chi connectivity index (χ3v) is 3.36. The minimum Gasteiger partial charge on any atom is -0.497 e. The zero-order valence-electron chi connectivity index (χ0n) is 11.4. The van der Waals surface area contributed by atoms with Crippen LogP contribution in [0.5, 0.6) is 5.75 Å². The van der Waals surface area contributed by atoms with Crippen molar-refractivity contribution in [2.45, 2.75) is 6.92 Å². The summed E-state index contributed by atoms with van der Waals surface area (Å²) in [6.45, 7) is 2.02. The molecule has 1 aliphatic heterocycles. The molecule has 100 valence electrons. The number of carbonyl (C=O) groups excluding carboxylic acids is 1. The minimum atomic E-state index is -0.0616. The van der Waals surface area contributed by atoms with E-state index >= 15 is 0 Å². The van der Waals surface area contributed by atoms with E-state index in [9.17, 15) is 4.79 Å². The Morgan fingerprint density at radius 2 is 2.00 bits per heavy atom. The molecule has 1 aliphatic rings. The van der Waals surface area contributed by atoms with Crippen LogP contribution in [0.25, 0.3) is 11.6 Å². The maximum absolute atomic E-state index is 12.1. The summed E-state index contributed by atoms with van der Waals surface area (Å²) in [4.78, 5) is 12.1. The molecule has 0 saturated carbocycles. The Morgan fingerprint density at radius 1 is 1.15 bits per heavy atom. The Balaban J connectivity index is 2.08. The highest BCUT2D eigenvalue weighted by Crippen LogP contribution is 2.33. The Hall–Kier alpha value is -2.55. The molecule has 0 spiro atoms. The number of hydrogen-bond acceptors (Lipinski definition) is 2. The number of aryl methyl sites for hydroxylation is 1. The predicted molar refractivity (Wildman–Crippen MR) is 80.7 cm³/mol. The van der Waals surface area contributed by atoms with Crippen LogP contribution in [0.3, 0.4) is 0 Å². The van der Waals surface area contributed by atoms with Gasteiger partial charge in [-0.25, -0.2) is 0 Å². The summed E-state index contributed by atoms with van der Waals surface area (Å²) < 4.78 is 5.20. The first-order chi connectivity index (χ1) is 9.67. The summed E-state index contributed by atoms with van der Waals surface area (Å²) in [6.07, 6.45) is 1.89. The number of methoxy groups -OCH3 is 1. The Morgan fingerprint density at radius 3 is 2.80 bits per heavy atom. The fourth-order valence-corrected chi connectivity index (χ4v) is 2.34. The second-order valence-electron chi connectivity index (χ2n) is 4.84. The molecule has 3 nitrogen and oxygen atoms in total. The SMILES string of the molecule is COc1cccc(/C=C2/C(=O)Nc3ccc(C)cc32)c1.